The largest absolute Gasteiger partial charge is 0.406 e. The van der Waals surface area contributed by atoms with E-state index in [9.17, 15) is 18.0 Å². The number of urea groups is 1. The molecule has 2 N–H and O–H groups in total. The topological polar surface area (TPSA) is 51.4 Å². The Morgan fingerprint density at radius 1 is 1.41 bits per heavy atom. The van der Waals surface area contributed by atoms with Gasteiger partial charge in [-0.2, -0.15) is 13.2 Å². The van der Waals surface area contributed by atoms with Gasteiger partial charge in [0, 0.05) is 42.0 Å². The highest BCUT2D eigenvalue weighted by Crippen LogP contribution is 2.45. The lowest BCUT2D eigenvalue weighted by atomic mass is 9.74. The molecule has 1 aromatic heterocycles. The van der Waals surface area contributed by atoms with E-state index in [0.717, 1.165) is 21.4 Å². The molecule has 158 valence electrons. The van der Waals surface area contributed by atoms with Gasteiger partial charge in [-0.25, -0.2) is 4.79 Å². The molecule has 3 unspecified atom stereocenters. The van der Waals surface area contributed by atoms with Crippen LogP contribution in [0.15, 0.2) is 22.8 Å². The first-order chi connectivity index (χ1) is 13.7. The first kappa shape index (κ1) is 20.5. The zero-order valence-electron chi connectivity index (χ0n) is 16.3. The molecule has 1 aliphatic carbocycles. The molecule has 3 atom stereocenters. The fourth-order valence-electron chi connectivity index (χ4n) is 4.90. The Morgan fingerprint density at radius 3 is 2.86 bits per heavy atom. The van der Waals surface area contributed by atoms with Gasteiger partial charge in [0.25, 0.3) is 0 Å². The molecule has 2 amide bonds. The molecule has 1 aromatic carbocycles. The summed E-state index contributed by atoms with van der Waals surface area (Å²) in [6, 6.07) is 5.65. The minimum atomic E-state index is -4.40. The van der Waals surface area contributed by atoms with Gasteiger partial charge in [0.05, 0.1) is 4.60 Å². The molecule has 0 saturated carbocycles. The van der Waals surface area contributed by atoms with Crippen LogP contribution in [-0.2, 0) is 6.42 Å². The van der Waals surface area contributed by atoms with Gasteiger partial charge in [0.15, 0.2) is 0 Å². The van der Waals surface area contributed by atoms with Gasteiger partial charge in [-0.1, -0.05) is 12.1 Å². The number of H-pyrrole nitrogens is 1. The molecule has 2 heterocycles. The third-order valence-corrected chi connectivity index (χ3v) is 6.84. The lowest BCUT2D eigenvalue weighted by molar-refractivity contribution is -0.139. The number of aromatic nitrogens is 1. The predicted molar refractivity (Wildman–Crippen MR) is 109 cm³/mol. The molecular formula is C20H24BrF3N4O. The van der Waals surface area contributed by atoms with E-state index in [0.29, 0.717) is 19.0 Å². The maximum atomic E-state index is 12.7. The van der Waals surface area contributed by atoms with Crippen LogP contribution < -0.4 is 5.32 Å². The van der Waals surface area contributed by atoms with Gasteiger partial charge in [-0.3, -0.25) is 0 Å². The number of carbonyl (C=O) groups excluding carboxylic acids is 1. The molecule has 0 bridgehead atoms. The van der Waals surface area contributed by atoms with Crippen molar-refractivity contribution >= 4 is 32.9 Å². The predicted octanol–water partition coefficient (Wildman–Crippen LogP) is 4.24. The Kier molecular flexibility index (Phi) is 5.31. The first-order valence-electron chi connectivity index (χ1n) is 9.79. The Labute approximate surface area is 175 Å². The van der Waals surface area contributed by atoms with Gasteiger partial charge in [-0.05, 0) is 59.9 Å². The minimum absolute atomic E-state index is 0.0139. The average molecular weight is 473 g/mol. The number of rotatable bonds is 3. The fraction of sp³-hybridized carbons (Fsp3) is 0.550. The van der Waals surface area contributed by atoms with Crippen LogP contribution in [0, 0.1) is 0 Å². The van der Waals surface area contributed by atoms with Crippen LogP contribution in [0.1, 0.15) is 30.4 Å². The summed E-state index contributed by atoms with van der Waals surface area (Å²) in [5.41, 5.74) is 3.59. The number of fused-ring (bicyclic) bond motifs is 2. The van der Waals surface area contributed by atoms with E-state index in [-0.39, 0.29) is 18.5 Å². The summed E-state index contributed by atoms with van der Waals surface area (Å²) in [4.78, 5) is 18.9. The fourth-order valence-corrected chi connectivity index (χ4v) is 5.47. The number of piperidine rings is 1. The molecule has 0 radical (unpaired) electrons. The minimum Gasteiger partial charge on any atom is -0.349 e. The zero-order valence-corrected chi connectivity index (χ0v) is 17.9. The number of benzene rings is 1. The number of amides is 2. The highest BCUT2D eigenvalue weighted by Gasteiger charge is 2.41. The molecule has 1 fully saturated rings. The smallest absolute Gasteiger partial charge is 0.349 e. The number of aromatic amines is 1. The summed E-state index contributed by atoms with van der Waals surface area (Å²) in [6.45, 7) is 0.954. The summed E-state index contributed by atoms with van der Waals surface area (Å²) >= 11 is 3.64. The van der Waals surface area contributed by atoms with Crippen molar-refractivity contribution in [3.8, 4) is 0 Å². The van der Waals surface area contributed by atoms with Crippen LogP contribution in [0.4, 0.5) is 18.0 Å². The van der Waals surface area contributed by atoms with E-state index in [1.54, 1.807) is 6.92 Å². The first-order valence-corrected chi connectivity index (χ1v) is 10.6. The summed E-state index contributed by atoms with van der Waals surface area (Å²) in [7, 11) is 2.02. The van der Waals surface area contributed by atoms with Crippen molar-refractivity contribution < 1.29 is 18.0 Å². The molecule has 1 aliphatic heterocycles. The Hall–Kier alpha value is -1.74. The highest BCUT2D eigenvalue weighted by molar-refractivity contribution is 9.10. The molecule has 0 spiro atoms. The van der Waals surface area contributed by atoms with Crippen molar-refractivity contribution in [1.29, 1.82) is 0 Å². The lowest BCUT2D eigenvalue weighted by Gasteiger charge is -2.46. The summed E-state index contributed by atoms with van der Waals surface area (Å²) in [5, 5.41) is 4.08. The summed E-state index contributed by atoms with van der Waals surface area (Å²) < 4.78 is 39.3. The van der Waals surface area contributed by atoms with E-state index in [4.69, 9.17) is 0 Å². The Bertz CT molecular complexity index is 928. The van der Waals surface area contributed by atoms with Gasteiger partial charge in [-0.15, -0.1) is 0 Å². The number of nitrogens with one attached hydrogen (secondary N) is 2. The van der Waals surface area contributed by atoms with Crippen LogP contribution in [0.2, 0.25) is 0 Å². The molecule has 2 aromatic rings. The van der Waals surface area contributed by atoms with Gasteiger partial charge in [0.1, 0.15) is 6.54 Å². The van der Waals surface area contributed by atoms with Crippen molar-refractivity contribution in [2.45, 2.75) is 43.9 Å². The number of hydrogen-bond acceptors (Lipinski definition) is 2. The normalized spacial score (nSPS) is 24.4. The van der Waals surface area contributed by atoms with Crippen LogP contribution in [0.25, 0.3) is 10.9 Å². The van der Waals surface area contributed by atoms with E-state index in [1.807, 2.05) is 13.1 Å². The molecule has 5 nitrogen and oxygen atoms in total. The van der Waals surface area contributed by atoms with Crippen molar-refractivity contribution in [1.82, 2.24) is 20.1 Å². The van der Waals surface area contributed by atoms with Crippen molar-refractivity contribution in [3.05, 3.63) is 33.9 Å². The number of hydrogen-bond donors (Lipinski definition) is 2. The maximum absolute atomic E-state index is 12.7. The zero-order chi connectivity index (χ0) is 20.9. The monoisotopic (exact) mass is 472 g/mol. The molecule has 1 saturated heterocycles. The van der Waals surface area contributed by atoms with Crippen LogP contribution in [-0.4, -0.2) is 65.8 Å². The standard InChI is InChI=1S/C20H24BrF3N4O/c1-3-28(10-20(22,23)24)19(29)25-11-7-13-12-5-4-6-15-17(12)14(18(21)26-15)8-16(13)27(2)9-11/h4-6,11,13,16,26H,3,7-10H2,1-2H3,(H,25,29). The van der Waals surface area contributed by atoms with Crippen molar-refractivity contribution in [2.24, 2.45) is 0 Å². The molecule has 4 rings (SSSR count). The van der Waals surface area contributed by atoms with E-state index in [2.05, 4.69) is 43.3 Å². The second-order valence-corrected chi connectivity index (χ2v) is 8.81. The summed E-state index contributed by atoms with van der Waals surface area (Å²) in [5.74, 6) is 0.218. The SMILES string of the molecule is CCN(CC(F)(F)F)C(=O)NC1CC2c3cccc4[nH]c(Br)c(c34)CC2N(C)C1. The average Bonchev–Trinajstić information content (AvgIpc) is 2.96. The van der Waals surface area contributed by atoms with Crippen LogP contribution >= 0.6 is 15.9 Å². The van der Waals surface area contributed by atoms with E-state index < -0.39 is 18.8 Å². The maximum Gasteiger partial charge on any atom is 0.406 e. The van der Waals surface area contributed by atoms with Crippen LogP contribution in [0.3, 0.4) is 0 Å². The number of likely N-dealkylation sites (tertiary alicyclic amines) is 1. The lowest BCUT2D eigenvalue weighted by Crippen LogP contribution is -2.57. The van der Waals surface area contributed by atoms with Gasteiger partial charge in [0.2, 0.25) is 0 Å². The third-order valence-electron chi connectivity index (χ3n) is 6.16. The van der Waals surface area contributed by atoms with E-state index >= 15 is 0 Å². The van der Waals surface area contributed by atoms with Crippen LogP contribution in [0.5, 0.6) is 0 Å². The quantitative estimate of drug-likeness (QED) is 0.701. The second kappa shape index (κ2) is 7.50. The molecule has 9 heteroatoms. The Balaban J connectivity index is 1.56. The number of alkyl halides is 3. The molecule has 2 aliphatic rings. The highest BCUT2D eigenvalue weighted by atomic mass is 79.9. The van der Waals surface area contributed by atoms with Gasteiger partial charge >= 0.3 is 12.2 Å². The number of nitrogens with zero attached hydrogens (tertiary/aromatic N) is 2. The Morgan fingerprint density at radius 2 is 2.17 bits per heavy atom. The van der Waals surface area contributed by atoms with E-state index in [1.165, 1.54) is 16.5 Å². The third kappa shape index (κ3) is 3.86. The van der Waals surface area contributed by atoms with Crippen molar-refractivity contribution in [2.75, 3.05) is 26.7 Å². The summed E-state index contributed by atoms with van der Waals surface area (Å²) in [6.07, 6.45) is -2.79. The molecular weight excluding hydrogens is 449 g/mol. The number of carbonyl (C=O) groups is 1. The van der Waals surface area contributed by atoms with Gasteiger partial charge < -0.3 is 20.1 Å². The number of halogens is 4. The second-order valence-electron chi connectivity index (χ2n) is 8.02. The van der Waals surface area contributed by atoms with Crippen molar-refractivity contribution in [3.63, 3.8) is 0 Å². The molecule has 29 heavy (non-hydrogen) atoms. The number of likely N-dealkylation sites (N-methyl/N-ethyl adjacent to an activating group) is 1.